The van der Waals surface area contributed by atoms with Crippen LogP contribution in [0.15, 0.2) is 12.2 Å². The lowest BCUT2D eigenvalue weighted by atomic mass is 9.58. The summed E-state index contributed by atoms with van der Waals surface area (Å²) >= 11 is 0. The minimum atomic E-state index is 0.00190. The predicted molar refractivity (Wildman–Crippen MR) is 63.0 cm³/mol. The summed E-state index contributed by atoms with van der Waals surface area (Å²) in [6.07, 6.45) is 6.47. The second-order valence-corrected chi connectivity index (χ2v) is 6.00. The first kappa shape index (κ1) is 10.8. The molecular formula is C14H22O2. The van der Waals surface area contributed by atoms with E-state index >= 15 is 0 Å². The van der Waals surface area contributed by atoms with Crippen LogP contribution in [0.1, 0.15) is 39.0 Å². The maximum absolute atomic E-state index is 5.92. The Bertz CT molecular complexity index is 325. The number of rotatable bonds is 1. The average molecular weight is 222 g/mol. The van der Waals surface area contributed by atoms with Gasteiger partial charge in [-0.1, -0.05) is 31.9 Å². The number of methoxy groups -OCH3 is 1. The van der Waals surface area contributed by atoms with Gasteiger partial charge in [-0.3, -0.25) is 0 Å². The highest BCUT2D eigenvalue weighted by Gasteiger charge is 2.67. The van der Waals surface area contributed by atoms with Crippen LogP contribution >= 0.6 is 0 Å². The van der Waals surface area contributed by atoms with Crippen molar-refractivity contribution in [3.63, 3.8) is 0 Å². The molecule has 2 aliphatic carbocycles. The molecule has 90 valence electrons. The van der Waals surface area contributed by atoms with Gasteiger partial charge in [0.25, 0.3) is 0 Å². The summed E-state index contributed by atoms with van der Waals surface area (Å²) in [6, 6.07) is 0. The van der Waals surface area contributed by atoms with Gasteiger partial charge in [0.15, 0.2) is 6.29 Å². The van der Waals surface area contributed by atoms with Crippen molar-refractivity contribution in [2.24, 2.45) is 16.7 Å². The third-order valence-corrected chi connectivity index (χ3v) is 5.58. The molecule has 16 heavy (non-hydrogen) atoms. The van der Waals surface area contributed by atoms with E-state index in [1.807, 2.05) is 0 Å². The van der Waals surface area contributed by atoms with Gasteiger partial charge >= 0.3 is 0 Å². The molecule has 1 heterocycles. The molecule has 3 rings (SSSR count). The standard InChI is InChI=1S/C14H22O2/c1-10-8-11-6-4-5-7-14(11)12(15-3)16-9-13(10,14)2/h11-12H,1,4-9H2,2-3H3/t11-,12+,13+,14-/m1/s1. The summed E-state index contributed by atoms with van der Waals surface area (Å²) in [5.41, 5.74) is 1.80. The molecule has 2 nitrogen and oxygen atoms in total. The lowest BCUT2D eigenvalue weighted by Crippen LogP contribution is -2.46. The fraction of sp³-hybridized carbons (Fsp3) is 0.857. The van der Waals surface area contributed by atoms with Crippen molar-refractivity contribution in [2.75, 3.05) is 13.7 Å². The summed E-state index contributed by atoms with van der Waals surface area (Å²) < 4.78 is 11.6. The molecule has 1 saturated heterocycles. The summed E-state index contributed by atoms with van der Waals surface area (Å²) in [5, 5.41) is 0. The second-order valence-electron chi connectivity index (χ2n) is 6.00. The molecule has 1 spiro atoms. The third kappa shape index (κ3) is 1.01. The van der Waals surface area contributed by atoms with Crippen LogP contribution in [0, 0.1) is 16.7 Å². The van der Waals surface area contributed by atoms with Crippen molar-refractivity contribution in [1.29, 1.82) is 0 Å². The number of ether oxygens (including phenoxy) is 2. The SMILES string of the molecule is C=C1C[C@H]2CCCC[C@]23[C@@H](OC)OC[C@@]13C. The van der Waals surface area contributed by atoms with Gasteiger partial charge in [0.05, 0.1) is 6.61 Å². The van der Waals surface area contributed by atoms with Crippen molar-refractivity contribution < 1.29 is 9.47 Å². The van der Waals surface area contributed by atoms with Crippen LogP contribution in [0.2, 0.25) is 0 Å². The van der Waals surface area contributed by atoms with Crippen LogP contribution in [0.25, 0.3) is 0 Å². The van der Waals surface area contributed by atoms with E-state index in [-0.39, 0.29) is 17.1 Å². The first-order valence-electron chi connectivity index (χ1n) is 6.48. The summed E-state index contributed by atoms with van der Waals surface area (Å²) in [7, 11) is 1.79. The van der Waals surface area contributed by atoms with Gasteiger partial charge in [-0.05, 0) is 25.2 Å². The lowest BCUT2D eigenvalue weighted by molar-refractivity contribution is -0.169. The molecule has 4 atom stereocenters. The van der Waals surface area contributed by atoms with E-state index in [0.717, 1.165) is 12.5 Å². The molecule has 0 unspecified atom stereocenters. The first-order valence-corrected chi connectivity index (χ1v) is 6.48. The van der Waals surface area contributed by atoms with Gasteiger partial charge in [-0.2, -0.15) is 0 Å². The highest BCUT2D eigenvalue weighted by Crippen LogP contribution is 2.69. The Hall–Kier alpha value is -0.340. The molecule has 1 aliphatic heterocycles. The Kier molecular flexibility index (Phi) is 2.25. The average Bonchev–Trinajstić information content (AvgIpc) is 2.68. The van der Waals surface area contributed by atoms with Crippen LogP contribution in [0.5, 0.6) is 0 Å². The van der Waals surface area contributed by atoms with E-state index < -0.39 is 0 Å². The molecule has 3 aliphatic rings. The monoisotopic (exact) mass is 222 g/mol. The fourth-order valence-corrected chi connectivity index (χ4v) is 4.61. The van der Waals surface area contributed by atoms with Crippen LogP contribution in [0.4, 0.5) is 0 Å². The molecule has 0 N–H and O–H groups in total. The fourth-order valence-electron chi connectivity index (χ4n) is 4.61. The predicted octanol–water partition coefficient (Wildman–Crippen LogP) is 3.13. The summed E-state index contributed by atoms with van der Waals surface area (Å²) in [6.45, 7) is 7.47. The van der Waals surface area contributed by atoms with Crippen LogP contribution < -0.4 is 0 Å². The molecule has 0 aromatic heterocycles. The first-order chi connectivity index (χ1) is 7.65. The minimum Gasteiger partial charge on any atom is -0.355 e. The molecule has 0 bridgehead atoms. The normalized spacial score (nSPS) is 51.5. The van der Waals surface area contributed by atoms with Crippen molar-refractivity contribution in [3.05, 3.63) is 12.2 Å². The number of hydrogen-bond acceptors (Lipinski definition) is 2. The topological polar surface area (TPSA) is 18.5 Å². The van der Waals surface area contributed by atoms with Gasteiger partial charge < -0.3 is 9.47 Å². The van der Waals surface area contributed by atoms with Crippen molar-refractivity contribution in [2.45, 2.75) is 45.3 Å². The van der Waals surface area contributed by atoms with E-state index in [2.05, 4.69) is 13.5 Å². The Labute approximate surface area is 98.0 Å². The van der Waals surface area contributed by atoms with E-state index in [4.69, 9.17) is 9.47 Å². The second kappa shape index (κ2) is 3.33. The smallest absolute Gasteiger partial charge is 0.163 e. The maximum Gasteiger partial charge on any atom is 0.163 e. The van der Waals surface area contributed by atoms with E-state index in [9.17, 15) is 0 Å². The van der Waals surface area contributed by atoms with Gasteiger partial charge in [0, 0.05) is 17.9 Å². The van der Waals surface area contributed by atoms with Crippen LogP contribution in [-0.4, -0.2) is 20.0 Å². The molecular weight excluding hydrogens is 200 g/mol. The Morgan fingerprint density at radius 2 is 2.25 bits per heavy atom. The molecule has 2 saturated carbocycles. The van der Waals surface area contributed by atoms with E-state index in [1.54, 1.807) is 7.11 Å². The summed E-state index contributed by atoms with van der Waals surface area (Å²) in [4.78, 5) is 0. The lowest BCUT2D eigenvalue weighted by Gasteiger charge is -2.46. The van der Waals surface area contributed by atoms with Crippen LogP contribution in [-0.2, 0) is 9.47 Å². The van der Waals surface area contributed by atoms with Gasteiger partial charge in [-0.15, -0.1) is 0 Å². The quantitative estimate of drug-likeness (QED) is 0.635. The Morgan fingerprint density at radius 3 is 3.00 bits per heavy atom. The summed E-state index contributed by atoms with van der Waals surface area (Å²) in [5.74, 6) is 0.742. The van der Waals surface area contributed by atoms with Crippen molar-refractivity contribution in [3.8, 4) is 0 Å². The molecule has 3 fully saturated rings. The van der Waals surface area contributed by atoms with Crippen molar-refractivity contribution in [1.82, 2.24) is 0 Å². The highest BCUT2D eigenvalue weighted by molar-refractivity contribution is 5.28. The van der Waals surface area contributed by atoms with Gasteiger partial charge in [0.1, 0.15) is 0 Å². The molecule has 2 heteroatoms. The Balaban J connectivity index is 2.08. The molecule has 0 amide bonds. The molecule has 0 aromatic carbocycles. The molecule has 0 aromatic rings. The van der Waals surface area contributed by atoms with E-state index in [0.29, 0.717) is 0 Å². The van der Waals surface area contributed by atoms with Crippen molar-refractivity contribution >= 4 is 0 Å². The zero-order valence-electron chi connectivity index (χ0n) is 10.4. The third-order valence-electron chi connectivity index (χ3n) is 5.58. The minimum absolute atomic E-state index is 0.00190. The largest absolute Gasteiger partial charge is 0.355 e. The number of hydrogen-bond donors (Lipinski definition) is 0. The Morgan fingerprint density at radius 1 is 1.44 bits per heavy atom. The van der Waals surface area contributed by atoms with Gasteiger partial charge in [0.2, 0.25) is 0 Å². The zero-order chi connectivity index (χ0) is 11.4. The van der Waals surface area contributed by atoms with Crippen LogP contribution in [0.3, 0.4) is 0 Å². The van der Waals surface area contributed by atoms with Gasteiger partial charge in [-0.25, -0.2) is 0 Å². The highest BCUT2D eigenvalue weighted by atomic mass is 16.7. The molecule has 0 radical (unpaired) electrons. The van der Waals surface area contributed by atoms with E-state index in [1.165, 1.54) is 37.7 Å². The zero-order valence-corrected chi connectivity index (χ0v) is 10.4. The maximum atomic E-state index is 5.92.